The van der Waals surface area contributed by atoms with Gasteiger partial charge in [-0.2, -0.15) is 0 Å². The Balaban J connectivity index is 3.37. The summed E-state index contributed by atoms with van der Waals surface area (Å²) in [5, 5.41) is 3.95. The van der Waals surface area contributed by atoms with Crippen molar-refractivity contribution in [2.75, 3.05) is 38.6 Å². The highest BCUT2D eigenvalue weighted by molar-refractivity contribution is 7.99. The first-order valence-corrected chi connectivity index (χ1v) is 9.26. The molecule has 0 aromatic heterocycles. The van der Waals surface area contributed by atoms with Gasteiger partial charge >= 0.3 is 0 Å². The standard InChI is InChI=1S/C13H18NO2PS/c1-6-9-14-10-7-8-11(17(3,4)15)13(18-5)12(10)16-2/h1,7-8,14H,9H2,2-5H3. The van der Waals surface area contributed by atoms with E-state index in [-0.39, 0.29) is 0 Å². The molecule has 0 aliphatic rings. The quantitative estimate of drug-likeness (QED) is 0.512. The molecule has 0 saturated carbocycles. The van der Waals surface area contributed by atoms with Gasteiger partial charge in [-0.1, -0.05) is 5.92 Å². The molecule has 98 valence electrons. The van der Waals surface area contributed by atoms with Gasteiger partial charge in [-0.05, 0) is 31.7 Å². The summed E-state index contributed by atoms with van der Waals surface area (Å²) in [4.78, 5) is 0.910. The van der Waals surface area contributed by atoms with Crippen LogP contribution in [0.4, 0.5) is 5.69 Å². The lowest BCUT2D eigenvalue weighted by atomic mass is 10.3. The van der Waals surface area contributed by atoms with E-state index in [9.17, 15) is 4.57 Å². The number of anilines is 1. The van der Waals surface area contributed by atoms with E-state index in [4.69, 9.17) is 11.2 Å². The Morgan fingerprint density at radius 3 is 2.61 bits per heavy atom. The molecular weight excluding hydrogens is 265 g/mol. The Morgan fingerprint density at radius 2 is 2.17 bits per heavy atom. The molecule has 1 rings (SSSR count). The fraction of sp³-hybridized carbons (Fsp3) is 0.385. The largest absolute Gasteiger partial charge is 0.493 e. The minimum absolute atomic E-state index is 0.430. The number of ether oxygens (including phenoxy) is 1. The molecule has 0 amide bonds. The average Bonchev–Trinajstić information content (AvgIpc) is 2.33. The molecule has 0 saturated heterocycles. The number of methoxy groups -OCH3 is 1. The number of nitrogens with one attached hydrogen (secondary N) is 1. The Hall–Kier alpha value is -1.04. The number of hydrogen-bond acceptors (Lipinski definition) is 4. The highest BCUT2D eigenvalue weighted by atomic mass is 32.2. The molecule has 18 heavy (non-hydrogen) atoms. The topological polar surface area (TPSA) is 38.3 Å². The minimum atomic E-state index is -2.33. The van der Waals surface area contributed by atoms with Crippen molar-refractivity contribution in [3.63, 3.8) is 0 Å². The number of rotatable bonds is 5. The van der Waals surface area contributed by atoms with Crippen molar-refractivity contribution >= 4 is 29.9 Å². The zero-order valence-electron chi connectivity index (χ0n) is 11.1. The molecular formula is C13H18NO2PS. The van der Waals surface area contributed by atoms with E-state index < -0.39 is 7.14 Å². The molecule has 0 unspecified atom stereocenters. The number of hydrogen-bond donors (Lipinski definition) is 1. The third kappa shape index (κ3) is 3.25. The molecule has 0 atom stereocenters. The first kappa shape index (κ1) is 15.0. The van der Waals surface area contributed by atoms with Crippen LogP contribution in [-0.4, -0.2) is 33.2 Å². The molecule has 5 heteroatoms. The van der Waals surface area contributed by atoms with E-state index in [1.54, 1.807) is 20.4 Å². The first-order valence-electron chi connectivity index (χ1n) is 5.43. The third-order valence-electron chi connectivity index (χ3n) is 2.46. The second-order valence-electron chi connectivity index (χ2n) is 4.11. The van der Waals surface area contributed by atoms with Gasteiger partial charge in [0.2, 0.25) is 0 Å². The monoisotopic (exact) mass is 283 g/mol. The van der Waals surface area contributed by atoms with Gasteiger partial charge in [0.25, 0.3) is 0 Å². The summed E-state index contributed by atoms with van der Waals surface area (Å²) in [6.45, 7) is 3.95. The van der Waals surface area contributed by atoms with Gasteiger partial charge in [-0.15, -0.1) is 18.2 Å². The normalized spacial score (nSPS) is 10.8. The lowest BCUT2D eigenvalue weighted by molar-refractivity contribution is 0.407. The number of terminal acetylenes is 1. The zero-order valence-corrected chi connectivity index (χ0v) is 12.8. The molecule has 0 spiro atoms. The average molecular weight is 283 g/mol. The first-order chi connectivity index (χ1) is 8.45. The van der Waals surface area contributed by atoms with Crippen LogP contribution in [0.2, 0.25) is 0 Å². The van der Waals surface area contributed by atoms with Crippen molar-refractivity contribution in [2.45, 2.75) is 4.90 Å². The van der Waals surface area contributed by atoms with Crippen LogP contribution in [0.5, 0.6) is 5.75 Å². The molecule has 1 N–H and O–H groups in total. The maximum atomic E-state index is 12.3. The van der Waals surface area contributed by atoms with Crippen LogP contribution in [0.3, 0.4) is 0 Å². The van der Waals surface area contributed by atoms with Gasteiger partial charge in [-0.3, -0.25) is 0 Å². The van der Waals surface area contributed by atoms with Crippen molar-refractivity contribution in [3.05, 3.63) is 12.1 Å². The molecule has 0 aliphatic heterocycles. The van der Waals surface area contributed by atoms with Crippen LogP contribution >= 0.6 is 18.9 Å². The molecule has 0 radical (unpaired) electrons. The van der Waals surface area contributed by atoms with E-state index in [0.29, 0.717) is 12.3 Å². The Kier molecular flexibility index (Phi) is 5.19. The third-order valence-corrected chi connectivity index (χ3v) is 4.96. The van der Waals surface area contributed by atoms with E-state index >= 15 is 0 Å². The summed E-state index contributed by atoms with van der Waals surface area (Å²) < 4.78 is 17.7. The van der Waals surface area contributed by atoms with E-state index in [2.05, 4.69) is 11.2 Å². The molecule has 0 fully saturated rings. The smallest absolute Gasteiger partial charge is 0.156 e. The van der Waals surface area contributed by atoms with Crippen molar-refractivity contribution < 1.29 is 9.30 Å². The van der Waals surface area contributed by atoms with Crippen LogP contribution in [0.15, 0.2) is 17.0 Å². The van der Waals surface area contributed by atoms with Gasteiger partial charge in [0.15, 0.2) is 5.75 Å². The van der Waals surface area contributed by atoms with Crippen LogP contribution in [0, 0.1) is 12.3 Å². The van der Waals surface area contributed by atoms with Gasteiger partial charge < -0.3 is 14.6 Å². The second-order valence-corrected chi connectivity index (χ2v) is 8.11. The molecule has 3 nitrogen and oxygen atoms in total. The fourth-order valence-electron chi connectivity index (χ4n) is 1.66. The Labute approximate surface area is 113 Å². The summed E-state index contributed by atoms with van der Waals surface area (Å²) in [5.41, 5.74) is 0.831. The molecule has 0 heterocycles. The molecule has 1 aromatic rings. The maximum Gasteiger partial charge on any atom is 0.156 e. The Morgan fingerprint density at radius 1 is 1.50 bits per heavy atom. The van der Waals surface area contributed by atoms with Gasteiger partial charge in [-0.25, -0.2) is 0 Å². The maximum absolute atomic E-state index is 12.3. The minimum Gasteiger partial charge on any atom is -0.493 e. The van der Waals surface area contributed by atoms with E-state index in [0.717, 1.165) is 15.9 Å². The van der Waals surface area contributed by atoms with Crippen LogP contribution in [0.25, 0.3) is 0 Å². The number of benzene rings is 1. The second kappa shape index (κ2) is 6.22. The predicted octanol–water partition coefficient (Wildman–Crippen LogP) is 2.71. The molecule has 0 aliphatic carbocycles. The predicted molar refractivity (Wildman–Crippen MR) is 81.2 cm³/mol. The lowest BCUT2D eigenvalue weighted by Gasteiger charge is -2.18. The summed E-state index contributed by atoms with van der Waals surface area (Å²) in [6, 6.07) is 3.75. The summed E-state index contributed by atoms with van der Waals surface area (Å²) >= 11 is 1.53. The van der Waals surface area contributed by atoms with E-state index in [1.807, 2.05) is 18.4 Å². The van der Waals surface area contributed by atoms with Gasteiger partial charge in [0, 0.05) is 5.30 Å². The van der Waals surface area contributed by atoms with Crippen LogP contribution in [-0.2, 0) is 4.57 Å². The van der Waals surface area contributed by atoms with Gasteiger partial charge in [0.05, 0.1) is 24.2 Å². The lowest BCUT2D eigenvalue weighted by Crippen LogP contribution is -2.11. The molecule has 0 bridgehead atoms. The van der Waals surface area contributed by atoms with Crippen LogP contribution < -0.4 is 15.4 Å². The highest BCUT2D eigenvalue weighted by Crippen LogP contribution is 2.44. The van der Waals surface area contributed by atoms with Crippen LogP contribution in [0.1, 0.15) is 0 Å². The fourth-order valence-corrected chi connectivity index (χ4v) is 4.28. The zero-order chi connectivity index (χ0) is 13.8. The Bertz CT molecular complexity index is 516. The van der Waals surface area contributed by atoms with Gasteiger partial charge in [0.1, 0.15) is 7.14 Å². The summed E-state index contributed by atoms with van der Waals surface area (Å²) in [5.74, 6) is 3.23. The number of thioether (sulfide) groups is 1. The van der Waals surface area contributed by atoms with Crippen molar-refractivity contribution in [1.82, 2.24) is 0 Å². The molecule has 1 aromatic carbocycles. The SMILES string of the molecule is C#CCNc1ccc(P(C)(C)=O)c(SC)c1OC. The van der Waals surface area contributed by atoms with Crippen molar-refractivity contribution in [1.29, 1.82) is 0 Å². The van der Waals surface area contributed by atoms with Crippen molar-refractivity contribution in [2.24, 2.45) is 0 Å². The summed E-state index contributed by atoms with van der Waals surface area (Å²) in [7, 11) is -0.720. The highest BCUT2D eigenvalue weighted by Gasteiger charge is 2.21. The van der Waals surface area contributed by atoms with E-state index in [1.165, 1.54) is 11.8 Å². The summed E-state index contributed by atoms with van der Waals surface area (Å²) in [6.07, 6.45) is 7.18. The van der Waals surface area contributed by atoms with Crippen molar-refractivity contribution in [3.8, 4) is 18.1 Å².